The van der Waals surface area contributed by atoms with Crippen LogP contribution in [-0.4, -0.2) is 24.0 Å². The fourth-order valence-electron chi connectivity index (χ4n) is 1.68. The number of hydrogen-bond donors (Lipinski definition) is 3. The molecule has 0 radical (unpaired) electrons. The van der Waals surface area contributed by atoms with Crippen LogP contribution in [0.2, 0.25) is 0 Å². The van der Waals surface area contributed by atoms with Crippen LogP contribution in [0.3, 0.4) is 0 Å². The quantitative estimate of drug-likeness (QED) is 0.391. The predicted molar refractivity (Wildman–Crippen MR) is 73.0 cm³/mol. The molecule has 0 spiro atoms. The summed E-state index contributed by atoms with van der Waals surface area (Å²) in [7, 11) is 0. The molecule has 0 unspecified atom stereocenters. The summed E-state index contributed by atoms with van der Waals surface area (Å²) in [6, 6.07) is 6.18. The first-order valence-corrected chi connectivity index (χ1v) is 6.01. The molecule has 18 heavy (non-hydrogen) atoms. The van der Waals surface area contributed by atoms with Crippen LogP contribution in [-0.2, 0) is 17.6 Å². The second-order valence-corrected chi connectivity index (χ2v) is 3.79. The molecule has 0 aromatic heterocycles. The SMILES string of the molecule is CCc1cccc(CC)c1NNC=NCC(=O)O. The van der Waals surface area contributed by atoms with E-state index in [4.69, 9.17) is 5.11 Å². The summed E-state index contributed by atoms with van der Waals surface area (Å²) < 4.78 is 0. The summed E-state index contributed by atoms with van der Waals surface area (Å²) in [5, 5.41) is 8.43. The van der Waals surface area contributed by atoms with Crippen molar-refractivity contribution in [1.29, 1.82) is 0 Å². The Kier molecular flexibility index (Phi) is 5.70. The minimum absolute atomic E-state index is 0.231. The van der Waals surface area contributed by atoms with Crippen molar-refractivity contribution in [1.82, 2.24) is 5.43 Å². The molecule has 5 heteroatoms. The lowest BCUT2D eigenvalue weighted by atomic mass is 10.0. The fraction of sp³-hybridized carbons (Fsp3) is 0.385. The highest BCUT2D eigenvalue weighted by Gasteiger charge is 2.04. The summed E-state index contributed by atoms with van der Waals surface area (Å²) in [4.78, 5) is 14.0. The minimum Gasteiger partial charge on any atom is -0.480 e. The summed E-state index contributed by atoms with van der Waals surface area (Å²) in [5.41, 5.74) is 9.34. The Morgan fingerprint density at radius 1 is 1.33 bits per heavy atom. The van der Waals surface area contributed by atoms with Gasteiger partial charge in [-0.15, -0.1) is 0 Å². The van der Waals surface area contributed by atoms with E-state index in [-0.39, 0.29) is 6.54 Å². The van der Waals surface area contributed by atoms with Gasteiger partial charge in [0.25, 0.3) is 0 Å². The maximum atomic E-state index is 10.3. The Morgan fingerprint density at radius 2 is 1.94 bits per heavy atom. The first-order valence-electron chi connectivity index (χ1n) is 6.01. The highest BCUT2D eigenvalue weighted by Crippen LogP contribution is 2.21. The van der Waals surface area contributed by atoms with Crippen LogP contribution in [0.1, 0.15) is 25.0 Å². The van der Waals surface area contributed by atoms with Crippen molar-refractivity contribution in [2.24, 2.45) is 4.99 Å². The van der Waals surface area contributed by atoms with Gasteiger partial charge in [-0.05, 0) is 24.0 Å². The molecule has 0 heterocycles. The topological polar surface area (TPSA) is 73.7 Å². The third-order valence-corrected chi connectivity index (χ3v) is 2.58. The molecule has 0 aliphatic heterocycles. The third-order valence-electron chi connectivity index (χ3n) is 2.58. The molecule has 0 saturated heterocycles. The number of nitrogens with one attached hydrogen (secondary N) is 2. The first-order chi connectivity index (χ1) is 8.69. The smallest absolute Gasteiger partial charge is 0.325 e. The Hall–Kier alpha value is -2.04. The van der Waals surface area contributed by atoms with E-state index in [1.165, 1.54) is 17.5 Å². The normalized spacial score (nSPS) is 10.6. The first kappa shape index (κ1) is 14.0. The van der Waals surface area contributed by atoms with Crippen molar-refractivity contribution in [3.63, 3.8) is 0 Å². The minimum atomic E-state index is -0.948. The van der Waals surface area contributed by atoms with Crippen LogP contribution in [0, 0.1) is 0 Å². The number of anilines is 1. The number of carbonyl (C=O) groups is 1. The van der Waals surface area contributed by atoms with Crippen molar-refractivity contribution < 1.29 is 9.90 Å². The molecule has 0 fully saturated rings. The van der Waals surface area contributed by atoms with E-state index in [0.29, 0.717) is 0 Å². The molecule has 5 nitrogen and oxygen atoms in total. The number of rotatable bonds is 7. The Labute approximate surface area is 107 Å². The molecule has 0 aliphatic carbocycles. The Bertz CT molecular complexity index is 408. The molecule has 98 valence electrons. The highest BCUT2D eigenvalue weighted by atomic mass is 16.4. The van der Waals surface area contributed by atoms with Gasteiger partial charge in [0.2, 0.25) is 0 Å². The van der Waals surface area contributed by atoms with Crippen molar-refractivity contribution in [3.8, 4) is 0 Å². The lowest BCUT2D eigenvalue weighted by molar-refractivity contribution is -0.135. The monoisotopic (exact) mass is 249 g/mol. The molecular weight excluding hydrogens is 230 g/mol. The Balaban J connectivity index is 2.65. The summed E-state index contributed by atoms with van der Waals surface area (Å²) in [6.07, 6.45) is 3.23. The van der Waals surface area contributed by atoms with Crippen molar-refractivity contribution in [2.45, 2.75) is 26.7 Å². The number of carboxylic acids is 1. The van der Waals surface area contributed by atoms with Crippen molar-refractivity contribution in [2.75, 3.05) is 12.0 Å². The average molecular weight is 249 g/mol. The van der Waals surface area contributed by atoms with Crippen molar-refractivity contribution in [3.05, 3.63) is 29.3 Å². The van der Waals surface area contributed by atoms with Crippen molar-refractivity contribution >= 4 is 18.0 Å². The highest BCUT2D eigenvalue weighted by molar-refractivity contribution is 5.72. The van der Waals surface area contributed by atoms with E-state index in [1.54, 1.807) is 0 Å². The maximum Gasteiger partial charge on any atom is 0.325 e. The van der Waals surface area contributed by atoms with Gasteiger partial charge in [-0.25, -0.2) is 0 Å². The average Bonchev–Trinajstić information content (AvgIpc) is 2.37. The molecule has 0 atom stereocenters. The molecule has 3 N–H and O–H groups in total. The van der Waals surface area contributed by atoms with E-state index in [2.05, 4.69) is 41.8 Å². The standard InChI is InChI=1S/C13H19N3O2/c1-3-10-6-5-7-11(4-2)13(10)16-15-9-14-8-12(17)18/h5-7,9,16H,3-4,8H2,1-2H3,(H,14,15)(H,17,18). The van der Waals surface area contributed by atoms with Gasteiger partial charge in [-0.2, -0.15) is 0 Å². The zero-order valence-corrected chi connectivity index (χ0v) is 10.7. The second-order valence-electron chi connectivity index (χ2n) is 3.79. The van der Waals surface area contributed by atoms with Crippen LogP contribution >= 0.6 is 0 Å². The maximum absolute atomic E-state index is 10.3. The number of benzene rings is 1. The zero-order valence-electron chi connectivity index (χ0n) is 10.7. The van der Waals surface area contributed by atoms with Gasteiger partial charge in [0, 0.05) is 0 Å². The van der Waals surface area contributed by atoms with Crippen LogP contribution in [0.4, 0.5) is 5.69 Å². The predicted octanol–water partition coefficient (Wildman–Crippen LogP) is 1.84. The van der Waals surface area contributed by atoms with Crippen LogP contribution in [0.5, 0.6) is 0 Å². The molecule has 0 bridgehead atoms. The number of aryl methyl sites for hydroxylation is 2. The van der Waals surface area contributed by atoms with E-state index < -0.39 is 5.97 Å². The largest absolute Gasteiger partial charge is 0.480 e. The number of aliphatic imine (C=N–C) groups is 1. The molecular formula is C13H19N3O2. The number of para-hydroxylation sites is 1. The van der Waals surface area contributed by atoms with E-state index in [1.807, 2.05) is 6.07 Å². The lowest BCUT2D eigenvalue weighted by Crippen LogP contribution is -2.22. The molecule has 0 saturated carbocycles. The van der Waals surface area contributed by atoms with Gasteiger partial charge in [0.05, 0.1) is 5.69 Å². The molecule has 0 aliphatic rings. The van der Waals surface area contributed by atoms with Gasteiger partial charge in [0.15, 0.2) is 0 Å². The van der Waals surface area contributed by atoms with E-state index >= 15 is 0 Å². The van der Waals surface area contributed by atoms with Crippen LogP contribution < -0.4 is 10.9 Å². The summed E-state index contributed by atoms with van der Waals surface area (Å²) in [6.45, 7) is 3.96. The van der Waals surface area contributed by atoms with Gasteiger partial charge < -0.3 is 5.11 Å². The molecule has 0 amide bonds. The van der Waals surface area contributed by atoms with Crippen LogP contribution in [0.25, 0.3) is 0 Å². The number of hydrazine groups is 1. The summed E-state index contributed by atoms with van der Waals surface area (Å²) >= 11 is 0. The van der Waals surface area contributed by atoms with Gasteiger partial charge >= 0.3 is 5.97 Å². The van der Waals surface area contributed by atoms with E-state index in [9.17, 15) is 4.79 Å². The number of nitrogens with zero attached hydrogens (tertiary/aromatic N) is 1. The molecule has 1 aromatic rings. The van der Waals surface area contributed by atoms with Gasteiger partial charge in [0.1, 0.15) is 12.9 Å². The third kappa shape index (κ3) is 4.08. The number of hydrogen-bond acceptors (Lipinski definition) is 3. The fourth-order valence-corrected chi connectivity index (χ4v) is 1.68. The zero-order chi connectivity index (χ0) is 13.4. The van der Waals surface area contributed by atoms with Gasteiger partial charge in [-0.1, -0.05) is 32.0 Å². The number of aliphatic carboxylic acids is 1. The van der Waals surface area contributed by atoms with E-state index in [0.717, 1.165) is 18.5 Å². The molecule has 1 rings (SSSR count). The Morgan fingerprint density at radius 3 is 2.44 bits per heavy atom. The summed E-state index contributed by atoms with van der Waals surface area (Å²) in [5.74, 6) is -0.948. The molecule has 1 aromatic carbocycles. The van der Waals surface area contributed by atoms with Crippen LogP contribution in [0.15, 0.2) is 23.2 Å². The lowest BCUT2D eigenvalue weighted by Gasteiger charge is -2.14. The van der Waals surface area contributed by atoms with Gasteiger partial charge in [-0.3, -0.25) is 20.6 Å². The number of carboxylic acid groups (broad SMARTS) is 1. The second kappa shape index (κ2) is 7.32.